The minimum atomic E-state index is -1.24. The monoisotopic (exact) mass is 1080 g/mol. The van der Waals surface area contributed by atoms with Gasteiger partial charge in [0.25, 0.3) is 12.3 Å². The zero-order valence-electron chi connectivity index (χ0n) is 45.3. The van der Waals surface area contributed by atoms with E-state index in [1.54, 1.807) is 32.4 Å². The summed E-state index contributed by atoms with van der Waals surface area (Å²) >= 11 is 0. The highest BCUT2D eigenvalue weighted by Crippen LogP contribution is 2.38. The fraction of sp³-hybridized carbons (Fsp3) is 0.379. The zero-order chi connectivity index (χ0) is 56.2. The van der Waals surface area contributed by atoms with Crippen LogP contribution in [-0.4, -0.2) is 141 Å². The molecular weight excluding hydrogens is 1010 g/mol. The molecule has 0 saturated carbocycles. The standard InChI is InChI=1S/C58H69N13O8/c1-6-62-56(74)55(61)71(54(60)46-30-45(36(2)3)48(72)31-49(46)73)43-13-11-38(12-14-43)35-68-20-17-39(18-21-68)57(75)70-24-22-69(23-25-70)44-15-16-50(37(4)27-44)79-58(76)63-19-8-26-78-52-10-7-9-51(77-5)53(52)47-29-40(66-67-47)28-41-33-65-42(32-59)34-64-41/h7,9-16,27,29-31,33-34,36,39,58,60-61,63,72-73,76H,6,8,17-26,28,35H2,1-5H3,(H,62,74)(H,66,67). The van der Waals surface area contributed by atoms with Gasteiger partial charge in [0.05, 0.1) is 48.6 Å². The first kappa shape index (κ1) is 56.6. The van der Waals surface area contributed by atoms with E-state index in [4.69, 9.17) is 30.3 Å². The molecule has 8 rings (SSSR count). The molecule has 2 aliphatic heterocycles. The van der Waals surface area contributed by atoms with Crippen LogP contribution in [0.1, 0.15) is 85.3 Å². The quantitative estimate of drug-likeness (QED) is 0.0178. The van der Waals surface area contributed by atoms with E-state index in [-0.39, 0.29) is 52.9 Å². The molecule has 414 valence electrons. The van der Waals surface area contributed by atoms with E-state index in [1.165, 1.54) is 23.2 Å². The maximum atomic E-state index is 13.8. The molecule has 1 atom stereocenters. The summed E-state index contributed by atoms with van der Waals surface area (Å²) in [4.78, 5) is 42.9. The van der Waals surface area contributed by atoms with Crippen LogP contribution in [0.2, 0.25) is 0 Å². The Bertz CT molecular complexity index is 3140. The van der Waals surface area contributed by atoms with Crippen LogP contribution in [0.5, 0.6) is 28.7 Å². The van der Waals surface area contributed by atoms with Crippen molar-refractivity contribution in [3.63, 3.8) is 0 Å². The Kier molecular flexibility index (Phi) is 18.8. The molecule has 4 heterocycles. The van der Waals surface area contributed by atoms with Gasteiger partial charge in [0.15, 0.2) is 11.5 Å². The lowest BCUT2D eigenvalue weighted by molar-refractivity contribution is -0.137. The average Bonchev–Trinajstić information content (AvgIpc) is 3.95. The molecule has 0 aliphatic carbocycles. The van der Waals surface area contributed by atoms with E-state index >= 15 is 0 Å². The van der Waals surface area contributed by atoms with Gasteiger partial charge in [0.1, 0.15) is 40.7 Å². The number of aromatic hydroxyl groups is 2. The summed E-state index contributed by atoms with van der Waals surface area (Å²) in [5, 5.41) is 72.0. The van der Waals surface area contributed by atoms with Crippen LogP contribution in [0.4, 0.5) is 11.4 Å². The second-order valence-electron chi connectivity index (χ2n) is 19.9. The fourth-order valence-corrected chi connectivity index (χ4v) is 9.81. The molecule has 0 radical (unpaired) electrons. The summed E-state index contributed by atoms with van der Waals surface area (Å²) in [5.41, 5.74) is 6.95. The number of ether oxygens (including phenoxy) is 3. The van der Waals surface area contributed by atoms with E-state index in [0.717, 1.165) is 48.4 Å². The molecule has 79 heavy (non-hydrogen) atoms. The number of anilines is 2. The SMILES string of the molecule is CCNC(=O)C(=N)N(C(=N)c1cc(C(C)C)c(O)cc1O)c1ccc(CN2CCC(C(=O)N3CCN(c4ccc(OC(O)NCCCOc5cccc(OC)c5-c5cc(Cc6cnc(C#N)cn6)[nH]n5)c(C)c4)CC3)CC2)cc1. The first-order chi connectivity index (χ1) is 38.1. The van der Waals surface area contributed by atoms with E-state index in [2.05, 4.69) is 40.6 Å². The number of piperazine rings is 1. The molecule has 0 bridgehead atoms. The topological polar surface area (TPSA) is 285 Å². The molecule has 21 nitrogen and oxygen atoms in total. The molecular formula is C58H69N13O8. The number of aliphatic hydroxyl groups is 1. The molecule has 2 amide bonds. The number of nitrogens with one attached hydrogen (secondary N) is 5. The predicted octanol–water partition coefficient (Wildman–Crippen LogP) is 6.40. The number of H-pyrrole nitrogens is 1. The number of likely N-dealkylation sites (N-methyl/N-ethyl adjacent to an activating group) is 1. The van der Waals surface area contributed by atoms with Crippen LogP contribution in [0.25, 0.3) is 11.3 Å². The number of nitriles is 1. The number of aryl methyl sites for hydroxylation is 1. The Labute approximate surface area is 459 Å². The van der Waals surface area contributed by atoms with Crippen molar-refractivity contribution in [1.82, 2.24) is 40.6 Å². The average molecular weight is 1080 g/mol. The number of methoxy groups -OCH3 is 1. The molecule has 6 aromatic rings. The fourth-order valence-electron chi connectivity index (χ4n) is 9.81. The summed E-state index contributed by atoms with van der Waals surface area (Å²) in [6.45, 7) is 13.2. The van der Waals surface area contributed by atoms with Crippen molar-refractivity contribution in [2.24, 2.45) is 5.92 Å². The zero-order valence-corrected chi connectivity index (χ0v) is 45.3. The number of hydrogen-bond acceptors (Lipinski definition) is 17. The van der Waals surface area contributed by atoms with Crippen LogP contribution < -0.4 is 34.6 Å². The third kappa shape index (κ3) is 13.9. The van der Waals surface area contributed by atoms with Gasteiger partial charge >= 0.3 is 0 Å². The Morgan fingerprint density at radius 2 is 1.67 bits per heavy atom. The molecule has 1 unspecified atom stereocenters. The Morgan fingerprint density at radius 1 is 0.924 bits per heavy atom. The lowest BCUT2D eigenvalue weighted by Crippen LogP contribution is -2.51. The number of phenols is 2. The van der Waals surface area contributed by atoms with Crippen molar-refractivity contribution in [2.45, 2.75) is 72.3 Å². The molecule has 2 fully saturated rings. The third-order valence-corrected chi connectivity index (χ3v) is 14.1. The Hall–Kier alpha value is -8.58. The summed E-state index contributed by atoms with van der Waals surface area (Å²) in [7, 11) is 1.59. The number of aliphatic hydroxyl groups excluding tert-OH is 1. The van der Waals surface area contributed by atoms with E-state index in [9.17, 15) is 24.9 Å². The molecule has 2 aliphatic rings. The van der Waals surface area contributed by atoms with Crippen molar-refractivity contribution in [3.05, 3.63) is 131 Å². The number of aromatic nitrogens is 4. The maximum absolute atomic E-state index is 13.8. The largest absolute Gasteiger partial charge is 0.508 e. The number of carbonyl (C=O) groups is 2. The van der Waals surface area contributed by atoms with Crippen LogP contribution in [-0.2, 0) is 22.6 Å². The van der Waals surface area contributed by atoms with Gasteiger partial charge in [-0.05, 0) is 123 Å². The van der Waals surface area contributed by atoms with Gasteiger partial charge < -0.3 is 44.6 Å². The normalized spacial score (nSPS) is 14.4. The summed E-state index contributed by atoms with van der Waals surface area (Å²) in [6.07, 6.45) is 4.26. The number of amidine groups is 2. The highest BCUT2D eigenvalue weighted by atomic mass is 16.6. The van der Waals surface area contributed by atoms with Crippen molar-refractivity contribution in [3.8, 4) is 46.1 Å². The van der Waals surface area contributed by atoms with Crippen LogP contribution >= 0.6 is 0 Å². The van der Waals surface area contributed by atoms with Gasteiger partial charge in [-0.2, -0.15) is 10.4 Å². The summed E-state index contributed by atoms with van der Waals surface area (Å²) < 4.78 is 17.7. The number of rotatable bonds is 20. The summed E-state index contributed by atoms with van der Waals surface area (Å²) in [5.74, 6) is -0.110. The number of amides is 2. The number of piperidine rings is 1. The van der Waals surface area contributed by atoms with Gasteiger partial charge in [0.2, 0.25) is 5.91 Å². The molecule has 2 aromatic heterocycles. The minimum absolute atomic E-state index is 0.0593. The number of aromatic amines is 1. The van der Waals surface area contributed by atoms with E-state index in [1.807, 2.05) is 86.3 Å². The van der Waals surface area contributed by atoms with Gasteiger partial charge in [-0.25, -0.2) is 4.98 Å². The van der Waals surface area contributed by atoms with Crippen molar-refractivity contribution >= 4 is 34.9 Å². The molecule has 0 spiro atoms. The first-order valence-electron chi connectivity index (χ1n) is 26.5. The molecule has 21 heteroatoms. The number of benzene rings is 4. The maximum Gasteiger partial charge on any atom is 0.287 e. The molecule has 2 saturated heterocycles. The first-order valence-corrected chi connectivity index (χ1v) is 26.5. The molecule has 8 N–H and O–H groups in total. The predicted molar refractivity (Wildman–Crippen MR) is 299 cm³/mol. The lowest BCUT2D eigenvalue weighted by Gasteiger charge is -2.39. The minimum Gasteiger partial charge on any atom is -0.508 e. The van der Waals surface area contributed by atoms with E-state index < -0.39 is 18.2 Å². The van der Waals surface area contributed by atoms with Gasteiger partial charge in [0, 0.05) is 81.3 Å². The second kappa shape index (κ2) is 26.2. The number of hydrogen-bond donors (Lipinski definition) is 8. The highest BCUT2D eigenvalue weighted by molar-refractivity contribution is 6.48. The number of carbonyl (C=O) groups excluding carboxylic acids is 2. The lowest BCUT2D eigenvalue weighted by atomic mass is 9.94. The van der Waals surface area contributed by atoms with Gasteiger partial charge in [-0.15, -0.1) is 0 Å². The number of nitrogens with zero attached hydrogens (tertiary/aromatic N) is 8. The summed E-state index contributed by atoms with van der Waals surface area (Å²) in [6, 6.07) is 25.3. The smallest absolute Gasteiger partial charge is 0.287 e. The number of phenolic OH excluding ortho intramolecular Hbond substituents is 2. The highest BCUT2D eigenvalue weighted by Gasteiger charge is 2.32. The molecule has 4 aromatic carbocycles. The van der Waals surface area contributed by atoms with Crippen molar-refractivity contribution < 1.29 is 39.1 Å². The Balaban J connectivity index is 0.761. The Morgan fingerprint density at radius 3 is 2.34 bits per heavy atom. The van der Waals surface area contributed by atoms with Crippen LogP contribution in [0.15, 0.2) is 91.3 Å². The van der Waals surface area contributed by atoms with Crippen LogP contribution in [0, 0.1) is 35.0 Å². The van der Waals surface area contributed by atoms with Crippen molar-refractivity contribution in [2.75, 3.05) is 75.9 Å². The van der Waals surface area contributed by atoms with Gasteiger partial charge in [-0.3, -0.25) is 45.6 Å². The van der Waals surface area contributed by atoms with E-state index in [0.29, 0.717) is 104 Å². The number of likely N-dealkylation sites (tertiary alicyclic amines) is 1. The van der Waals surface area contributed by atoms with Crippen molar-refractivity contribution in [1.29, 1.82) is 16.1 Å². The second-order valence-corrected chi connectivity index (χ2v) is 19.9. The van der Waals surface area contributed by atoms with Gasteiger partial charge in [-0.1, -0.05) is 32.0 Å². The third-order valence-electron chi connectivity index (χ3n) is 14.1. The van der Waals surface area contributed by atoms with Crippen LogP contribution in [0.3, 0.4) is 0 Å².